The van der Waals surface area contributed by atoms with E-state index in [9.17, 15) is 5.11 Å². The van der Waals surface area contributed by atoms with E-state index in [0.29, 0.717) is 18.8 Å². The number of tetrazole rings is 1. The zero-order valence-electron chi connectivity index (χ0n) is 6.30. The minimum atomic E-state index is -0.653. The van der Waals surface area contributed by atoms with Crippen LogP contribution in [0.15, 0.2) is 0 Å². The highest BCUT2D eigenvalue weighted by Crippen LogP contribution is 2.09. The quantitative estimate of drug-likeness (QED) is 0.562. The van der Waals surface area contributed by atoms with Crippen LogP contribution in [0.1, 0.15) is 18.3 Å². The van der Waals surface area contributed by atoms with Crippen molar-refractivity contribution < 1.29 is 5.11 Å². The molecule has 0 fully saturated rings. The Morgan fingerprint density at radius 2 is 2.45 bits per heavy atom. The fourth-order valence-corrected chi connectivity index (χ4v) is 0.806. The maximum atomic E-state index is 9.35. The summed E-state index contributed by atoms with van der Waals surface area (Å²) in [7, 11) is 1.68. The molecule has 0 saturated heterocycles. The van der Waals surface area contributed by atoms with Gasteiger partial charge in [-0.05, 0) is 23.4 Å². The second kappa shape index (κ2) is 3.40. The van der Waals surface area contributed by atoms with Gasteiger partial charge in [-0.2, -0.15) is 0 Å². The van der Waals surface area contributed by atoms with Crippen molar-refractivity contribution in [1.29, 1.82) is 0 Å². The Bertz CT molecular complexity index is 222. The van der Waals surface area contributed by atoms with E-state index in [1.807, 2.05) is 0 Å². The van der Waals surface area contributed by atoms with Crippen LogP contribution < -0.4 is 5.73 Å². The lowest BCUT2D eigenvalue weighted by atomic mass is 10.2. The molecule has 0 spiro atoms. The third-order valence-corrected chi connectivity index (χ3v) is 1.39. The molecule has 1 aromatic heterocycles. The molecule has 1 atom stereocenters. The normalized spacial score (nSPS) is 13.4. The first-order chi connectivity index (χ1) is 5.25. The Balaban J connectivity index is 2.67. The molecular weight excluding hydrogens is 146 g/mol. The third kappa shape index (κ3) is 1.72. The standard InChI is InChI=1S/C5H11N5O/c1-10-5(7-8-9-10)4(11)2-3-6/h4,11H,2-3,6H2,1H3. The molecule has 0 radical (unpaired) electrons. The molecule has 0 bridgehead atoms. The van der Waals surface area contributed by atoms with Crippen LogP contribution >= 0.6 is 0 Å². The van der Waals surface area contributed by atoms with Crippen LogP contribution in [-0.4, -0.2) is 31.9 Å². The number of aliphatic hydroxyl groups excluding tert-OH is 1. The molecule has 0 aliphatic rings. The number of aliphatic hydroxyl groups is 1. The van der Waals surface area contributed by atoms with Crippen molar-refractivity contribution in [2.24, 2.45) is 12.8 Å². The van der Waals surface area contributed by atoms with E-state index in [2.05, 4.69) is 15.5 Å². The van der Waals surface area contributed by atoms with Gasteiger partial charge in [-0.15, -0.1) is 5.10 Å². The smallest absolute Gasteiger partial charge is 0.179 e. The van der Waals surface area contributed by atoms with Gasteiger partial charge in [0.15, 0.2) is 5.82 Å². The van der Waals surface area contributed by atoms with Gasteiger partial charge in [0.2, 0.25) is 0 Å². The highest BCUT2D eigenvalue weighted by atomic mass is 16.3. The summed E-state index contributed by atoms with van der Waals surface area (Å²) in [6, 6.07) is 0. The van der Waals surface area contributed by atoms with E-state index >= 15 is 0 Å². The zero-order chi connectivity index (χ0) is 8.27. The zero-order valence-corrected chi connectivity index (χ0v) is 6.30. The predicted octanol–water partition coefficient (Wildman–Crippen LogP) is -1.41. The van der Waals surface area contributed by atoms with Crippen molar-refractivity contribution in [3.05, 3.63) is 5.82 Å². The SMILES string of the molecule is Cn1nnnc1C(O)CCN. The second-order valence-electron chi connectivity index (χ2n) is 2.25. The van der Waals surface area contributed by atoms with E-state index < -0.39 is 6.10 Å². The first kappa shape index (κ1) is 8.09. The number of nitrogens with two attached hydrogens (primary N) is 1. The van der Waals surface area contributed by atoms with Crippen molar-refractivity contribution in [1.82, 2.24) is 20.2 Å². The molecule has 0 aromatic carbocycles. The summed E-state index contributed by atoms with van der Waals surface area (Å²) in [5, 5.41) is 19.9. The molecule has 62 valence electrons. The van der Waals surface area contributed by atoms with Crippen molar-refractivity contribution >= 4 is 0 Å². The molecule has 6 nitrogen and oxygen atoms in total. The molecule has 6 heteroatoms. The van der Waals surface area contributed by atoms with Gasteiger partial charge in [-0.3, -0.25) is 0 Å². The van der Waals surface area contributed by atoms with Gasteiger partial charge in [0.25, 0.3) is 0 Å². The van der Waals surface area contributed by atoms with Gasteiger partial charge in [-0.1, -0.05) is 0 Å². The van der Waals surface area contributed by atoms with Crippen LogP contribution in [0.4, 0.5) is 0 Å². The maximum Gasteiger partial charge on any atom is 0.179 e. The van der Waals surface area contributed by atoms with Crippen molar-refractivity contribution in [2.45, 2.75) is 12.5 Å². The molecule has 0 saturated carbocycles. The largest absolute Gasteiger partial charge is 0.385 e. The van der Waals surface area contributed by atoms with Crippen LogP contribution in [0.5, 0.6) is 0 Å². The highest BCUT2D eigenvalue weighted by molar-refractivity contribution is 4.85. The van der Waals surface area contributed by atoms with Crippen LogP contribution in [0.25, 0.3) is 0 Å². The summed E-state index contributed by atoms with van der Waals surface area (Å²) in [6.45, 7) is 0.425. The van der Waals surface area contributed by atoms with Gasteiger partial charge in [-0.25, -0.2) is 4.68 Å². The van der Waals surface area contributed by atoms with E-state index in [1.165, 1.54) is 4.68 Å². The summed E-state index contributed by atoms with van der Waals surface area (Å²) in [4.78, 5) is 0. The molecule has 0 aliphatic heterocycles. The van der Waals surface area contributed by atoms with E-state index in [4.69, 9.17) is 5.73 Å². The van der Waals surface area contributed by atoms with Crippen molar-refractivity contribution in [3.8, 4) is 0 Å². The molecule has 0 aliphatic carbocycles. The minimum absolute atomic E-state index is 0.425. The lowest BCUT2D eigenvalue weighted by Crippen LogP contribution is -2.11. The number of aryl methyl sites for hydroxylation is 1. The lowest BCUT2D eigenvalue weighted by molar-refractivity contribution is 0.155. The van der Waals surface area contributed by atoms with Gasteiger partial charge >= 0.3 is 0 Å². The Hall–Kier alpha value is -1.01. The monoisotopic (exact) mass is 157 g/mol. The Kier molecular flexibility index (Phi) is 2.50. The average molecular weight is 157 g/mol. The fraction of sp³-hybridized carbons (Fsp3) is 0.800. The maximum absolute atomic E-state index is 9.35. The molecule has 0 amide bonds. The summed E-state index contributed by atoms with van der Waals surface area (Å²) in [5.74, 6) is 0.454. The second-order valence-corrected chi connectivity index (χ2v) is 2.25. The van der Waals surface area contributed by atoms with Crippen LogP contribution in [0.3, 0.4) is 0 Å². The molecule has 3 N–H and O–H groups in total. The molecular formula is C5H11N5O. The molecule has 11 heavy (non-hydrogen) atoms. The topological polar surface area (TPSA) is 89.8 Å². The van der Waals surface area contributed by atoms with E-state index in [0.717, 1.165) is 0 Å². The Morgan fingerprint density at radius 1 is 1.73 bits per heavy atom. The number of aromatic nitrogens is 4. The van der Waals surface area contributed by atoms with Crippen molar-refractivity contribution in [2.75, 3.05) is 6.54 Å². The summed E-state index contributed by atoms with van der Waals surface area (Å²) < 4.78 is 1.43. The van der Waals surface area contributed by atoms with Gasteiger partial charge < -0.3 is 10.8 Å². The molecule has 1 aromatic rings. The van der Waals surface area contributed by atoms with Gasteiger partial charge in [0.05, 0.1) is 0 Å². The first-order valence-electron chi connectivity index (χ1n) is 3.36. The average Bonchev–Trinajstić information content (AvgIpc) is 2.36. The van der Waals surface area contributed by atoms with Crippen molar-refractivity contribution in [3.63, 3.8) is 0 Å². The summed E-state index contributed by atoms with van der Waals surface area (Å²) >= 11 is 0. The first-order valence-corrected chi connectivity index (χ1v) is 3.36. The number of hydrogen-bond donors (Lipinski definition) is 2. The van der Waals surface area contributed by atoms with Crippen LogP contribution in [-0.2, 0) is 7.05 Å². The number of rotatable bonds is 3. The van der Waals surface area contributed by atoms with E-state index in [1.54, 1.807) is 7.05 Å². The summed E-state index contributed by atoms with van der Waals surface area (Å²) in [5.41, 5.74) is 5.25. The van der Waals surface area contributed by atoms with Crippen LogP contribution in [0, 0.1) is 0 Å². The van der Waals surface area contributed by atoms with E-state index in [-0.39, 0.29) is 0 Å². The summed E-state index contributed by atoms with van der Waals surface area (Å²) in [6.07, 6.45) is -0.172. The van der Waals surface area contributed by atoms with Crippen LogP contribution in [0.2, 0.25) is 0 Å². The number of hydrogen-bond acceptors (Lipinski definition) is 5. The predicted molar refractivity (Wildman–Crippen MR) is 37.4 cm³/mol. The minimum Gasteiger partial charge on any atom is -0.385 e. The third-order valence-electron chi connectivity index (χ3n) is 1.39. The molecule has 1 rings (SSSR count). The molecule has 1 unspecified atom stereocenters. The number of nitrogens with zero attached hydrogens (tertiary/aromatic N) is 4. The Labute approximate surface area is 64.0 Å². The lowest BCUT2D eigenvalue weighted by Gasteiger charge is -2.05. The van der Waals surface area contributed by atoms with Gasteiger partial charge in [0.1, 0.15) is 6.10 Å². The highest BCUT2D eigenvalue weighted by Gasteiger charge is 2.12. The Morgan fingerprint density at radius 3 is 2.91 bits per heavy atom. The van der Waals surface area contributed by atoms with Gasteiger partial charge in [0, 0.05) is 7.05 Å². The molecule has 1 heterocycles. The fourth-order valence-electron chi connectivity index (χ4n) is 0.806.